The Bertz CT molecular complexity index is 470. The minimum absolute atomic E-state index is 0.0779. The highest BCUT2D eigenvalue weighted by atomic mass is 16.5. The second-order valence-corrected chi connectivity index (χ2v) is 5.66. The number of morpholine rings is 1. The number of rotatable bonds is 3. The van der Waals surface area contributed by atoms with Crippen LogP contribution < -0.4 is 5.32 Å². The van der Waals surface area contributed by atoms with E-state index in [1.54, 1.807) is 4.90 Å². The van der Waals surface area contributed by atoms with Gasteiger partial charge in [0.2, 0.25) is 0 Å². The monoisotopic (exact) mass is 276 g/mol. The summed E-state index contributed by atoms with van der Waals surface area (Å²) < 4.78 is 5.66. The summed E-state index contributed by atoms with van der Waals surface area (Å²) in [7, 11) is 1.85. The molecule has 1 N–H and O–H groups in total. The first-order chi connectivity index (χ1) is 9.49. The molecule has 2 rings (SSSR count). The molecule has 0 aliphatic carbocycles. The van der Waals surface area contributed by atoms with E-state index in [1.165, 1.54) is 5.56 Å². The zero-order chi connectivity index (χ0) is 14.7. The third-order valence-corrected chi connectivity index (χ3v) is 3.72. The zero-order valence-corrected chi connectivity index (χ0v) is 12.8. The predicted molar refractivity (Wildman–Crippen MR) is 80.2 cm³/mol. The van der Waals surface area contributed by atoms with E-state index in [2.05, 4.69) is 24.4 Å². The number of nitrogens with zero attached hydrogens (tertiary/aromatic N) is 1. The van der Waals surface area contributed by atoms with Gasteiger partial charge in [0.1, 0.15) is 0 Å². The molecule has 0 bridgehead atoms. The van der Waals surface area contributed by atoms with Gasteiger partial charge in [0.05, 0.1) is 12.7 Å². The van der Waals surface area contributed by atoms with Crippen molar-refractivity contribution < 1.29 is 9.53 Å². The summed E-state index contributed by atoms with van der Waals surface area (Å²) >= 11 is 0. The van der Waals surface area contributed by atoms with Crippen LogP contribution in [0.4, 0.5) is 0 Å². The summed E-state index contributed by atoms with van der Waals surface area (Å²) in [5.74, 6) is 0.0779. The highest BCUT2D eigenvalue weighted by Crippen LogP contribution is 2.18. The number of likely N-dealkylation sites (N-methyl/N-ethyl adjacent to an activating group) is 1. The second-order valence-electron chi connectivity index (χ2n) is 5.66. The van der Waals surface area contributed by atoms with Crippen LogP contribution in [-0.4, -0.2) is 50.2 Å². The fourth-order valence-corrected chi connectivity index (χ4v) is 2.83. The first-order valence-corrected chi connectivity index (χ1v) is 7.14. The van der Waals surface area contributed by atoms with E-state index in [0.717, 1.165) is 36.4 Å². The number of amides is 1. The van der Waals surface area contributed by atoms with Gasteiger partial charge in [0.25, 0.3) is 5.91 Å². The number of hydrogen-bond donors (Lipinski definition) is 1. The molecule has 1 saturated heterocycles. The summed E-state index contributed by atoms with van der Waals surface area (Å²) in [6.07, 6.45) is 0.0868. The van der Waals surface area contributed by atoms with Gasteiger partial charge in [-0.3, -0.25) is 4.79 Å². The van der Waals surface area contributed by atoms with Crippen LogP contribution in [0.3, 0.4) is 0 Å². The van der Waals surface area contributed by atoms with Crippen LogP contribution in [0.15, 0.2) is 12.1 Å². The van der Waals surface area contributed by atoms with Crippen LogP contribution in [0.2, 0.25) is 0 Å². The molecule has 0 saturated carbocycles. The van der Waals surface area contributed by atoms with E-state index in [9.17, 15) is 4.79 Å². The van der Waals surface area contributed by atoms with Crippen molar-refractivity contribution in [2.45, 2.75) is 26.9 Å². The Morgan fingerprint density at radius 1 is 1.35 bits per heavy atom. The third kappa shape index (κ3) is 3.38. The molecule has 1 aliphatic rings. The van der Waals surface area contributed by atoms with E-state index >= 15 is 0 Å². The average Bonchev–Trinajstić information content (AvgIpc) is 2.38. The highest BCUT2D eigenvalue weighted by Gasteiger charge is 2.21. The molecule has 110 valence electrons. The lowest BCUT2D eigenvalue weighted by molar-refractivity contribution is 0.0103. The molecule has 1 aromatic carbocycles. The van der Waals surface area contributed by atoms with Crippen molar-refractivity contribution in [3.8, 4) is 0 Å². The van der Waals surface area contributed by atoms with Gasteiger partial charge in [0, 0.05) is 32.2 Å². The Hall–Kier alpha value is -1.39. The molecular formula is C16H24N2O2. The van der Waals surface area contributed by atoms with Crippen LogP contribution >= 0.6 is 0 Å². The van der Waals surface area contributed by atoms with Gasteiger partial charge in [-0.2, -0.15) is 0 Å². The lowest BCUT2D eigenvalue weighted by Gasteiger charge is -2.28. The molecule has 0 radical (unpaired) electrons. The molecule has 0 aromatic heterocycles. The molecule has 1 atom stereocenters. The molecule has 1 aliphatic heterocycles. The Kier molecular flexibility index (Phi) is 4.78. The minimum Gasteiger partial charge on any atom is -0.374 e. The van der Waals surface area contributed by atoms with Gasteiger partial charge in [0.15, 0.2) is 0 Å². The number of aryl methyl sites for hydroxylation is 3. The van der Waals surface area contributed by atoms with Crippen LogP contribution in [0.1, 0.15) is 27.0 Å². The Balaban J connectivity index is 2.10. The van der Waals surface area contributed by atoms with Crippen LogP contribution in [-0.2, 0) is 4.74 Å². The maximum atomic E-state index is 12.6. The SMILES string of the molecule is Cc1cc(C)c(C(=O)N(C)CC2CNCCO2)c(C)c1. The molecule has 1 heterocycles. The maximum Gasteiger partial charge on any atom is 0.254 e. The quantitative estimate of drug-likeness (QED) is 0.913. The standard InChI is InChI=1S/C16H24N2O2/c1-11-7-12(2)15(13(3)8-11)16(19)18(4)10-14-9-17-5-6-20-14/h7-8,14,17H,5-6,9-10H2,1-4H3. The van der Waals surface area contributed by atoms with E-state index in [-0.39, 0.29) is 12.0 Å². The Morgan fingerprint density at radius 2 is 2.00 bits per heavy atom. The van der Waals surface area contributed by atoms with Crippen molar-refractivity contribution in [2.24, 2.45) is 0 Å². The van der Waals surface area contributed by atoms with Gasteiger partial charge in [-0.15, -0.1) is 0 Å². The van der Waals surface area contributed by atoms with Crippen molar-refractivity contribution in [3.05, 3.63) is 34.4 Å². The molecule has 0 spiro atoms. The topological polar surface area (TPSA) is 41.6 Å². The molecular weight excluding hydrogens is 252 g/mol. The fourth-order valence-electron chi connectivity index (χ4n) is 2.83. The summed E-state index contributed by atoms with van der Waals surface area (Å²) in [5.41, 5.74) is 4.10. The van der Waals surface area contributed by atoms with Crippen molar-refractivity contribution in [1.29, 1.82) is 0 Å². The maximum absolute atomic E-state index is 12.6. The van der Waals surface area contributed by atoms with Crippen molar-refractivity contribution >= 4 is 5.91 Å². The van der Waals surface area contributed by atoms with Gasteiger partial charge >= 0.3 is 0 Å². The summed E-state index contributed by atoms with van der Waals surface area (Å²) in [6, 6.07) is 4.12. The Labute approximate surface area is 121 Å². The number of benzene rings is 1. The number of carbonyl (C=O) groups excluding carboxylic acids is 1. The number of hydrogen-bond acceptors (Lipinski definition) is 3. The third-order valence-electron chi connectivity index (χ3n) is 3.72. The lowest BCUT2D eigenvalue weighted by Crippen LogP contribution is -2.45. The van der Waals surface area contributed by atoms with Crippen molar-refractivity contribution in [2.75, 3.05) is 33.3 Å². The largest absolute Gasteiger partial charge is 0.374 e. The zero-order valence-electron chi connectivity index (χ0n) is 12.8. The molecule has 1 aromatic rings. The van der Waals surface area contributed by atoms with Crippen molar-refractivity contribution in [1.82, 2.24) is 10.2 Å². The van der Waals surface area contributed by atoms with E-state index < -0.39 is 0 Å². The van der Waals surface area contributed by atoms with E-state index in [0.29, 0.717) is 6.54 Å². The fraction of sp³-hybridized carbons (Fsp3) is 0.562. The van der Waals surface area contributed by atoms with Gasteiger partial charge < -0.3 is 15.0 Å². The first kappa shape index (κ1) is 15.0. The number of ether oxygens (including phenoxy) is 1. The van der Waals surface area contributed by atoms with Gasteiger partial charge in [-0.25, -0.2) is 0 Å². The van der Waals surface area contributed by atoms with Crippen LogP contribution in [0, 0.1) is 20.8 Å². The smallest absolute Gasteiger partial charge is 0.254 e. The molecule has 4 heteroatoms. The van der Waals surface area contributed by atoms with E-state index in [4.69, 9.17) is 4.74 Å². The molecule has 4 nitrogen and oxygen atoms in total. The lowest BCUT2D eigenvalue weighted by atomic mass is 9.99. The minimum atomic E-state index is 0.0779. The average molecular weight is 276 g/mol. The van der Waals surface area contributed by atoms with E-state index in [1.807, 2.05) is 20.9 Å². The molecule has 1 amide bonds. The molecule has 1 unspecified atom stereocenters. The van der Waals surface area contributed by atoms with Crippen LogP contribution in [0.25, 0.3) is 0 Å². The normalized spacial score (nSPS) is 18.9. The number of carbonyl (C=O) groups is 1. The summed E-state index contributed by atoms with van der Waals surface area (Å²) in [5, 5.41) is 3.29. The summed E-state index contributed by atoms with van der Waals surface area (Å²) in [4.78, 5) is 14.4. The Morgan fingerprint density at radius 3 is 2.55 bits per heavy atom. The first-order valence-electron chi connectivity index (χ1n) is 7.14. The summed E-state index contributed by atoms with van der Waals surface area (Å²) in [6.45, 7) is 9.10. The highest BCUT2D eigenvalue weighted by molar-refractivity contribution is 5.97. The van der Waals surface area contributed by atoms with Crippen molar-refractivity contribution in [3.63, 3.8) is 0 Å². The second kappa shape index (κ2) is 6.37. The van der Waals surface area contributed by atoms with Crippen LogP contribution in [0.5, 0.6) is 0 Å². The molecule has 20 heavy (non-hydrogen) atoms. The number of nitrogens with one attached hydrogen (secondary N) is 1. The predicted octanol–water partition coefficient (Wildman–Crippen LogP) is 1.67. The van der Waals surface area contributed by atoms with Gasteiger partial charge in [-0.1, -0.05) is 17.7 Å². The van der Waals surface area contributed by atoms with Gasteiger partial charge in [-0.05, 0) is 31.9 Å². The molecule has 1 fully saturated rings.